The van der Waals surface area contributed by atoms with Crippen LogP contribution in [0, 0.1) is 0 Å². The van der Waals surface area contributed by atoms with Crippen LogP contribution in [-0.2, 0) is 6.54 Å². The maximum Gasteiger partial charge on any atom is 0.227 e. The lowest BCUT2D eigenvalue weighted by Gasteiger charge is -2.35. The van der Waals surface area contributed by atoms with Gasteiger partial charge in [0.15, 0.2) is 0 Å². The van der Waals surface area contributed by atoms with Crippen LogP contribution in [0.25, 0.3) is 0 Å². The summed E-state index contributed by atoms with van der Waals surface area (Å²) < 4.78 is 0. The quantitative estimate of drug-likeness (QED) is 0.936. The molecule has 1 N–H and O–H groups in total. The van der Waals surface area contributed by atoms with Crippen molar-refractivity contribution in [2.75, 3.05) is 36.4 Å². The van der Waals surface area contributed by atoms with Gasteiger partial charge in [-0.15, -0.1) is 0 Å². The van der Waals surface area contributed by atoms with E-state index in [0.717, 1.165) is 44.5 Å². The second-order valence-electron chi connectivity index (χ2n) is 7.37. The van der Waals surface area contributed by atoms with Crippen LogP contribution >= 0.6 is 0 Å². The van der Waals surface area contributed by atoms with Gasteiger partial charge < -0.3 is 10.2 Å². The molecule has 0 bridgehead atoms. The van der Waals surface area contributed by atoms with E-state index in [-0.39, 0.29) is 5.54 Å². The number of aromatic nitrogens is 2. The van der Waals surface area contributed by atoms with Crippen molar-refractivity contribution >= 4 is 11.8 Å². The molecule has 1 aromatic carbocycles. The summed E-state index contributed by atoms with van der Waals surface area (Å²) in [5, 5.41) is 3.41. The van der Waals surface area contributed by atoms with Gasteiger partial charge >= 0.3 is 0 Å². The number of piperazine rings is 1. The molecule has 1 fully saturated rings. The molecule has 5 nitrogen and oxygen atoms in total. The van der Waals surface area contributed by atoms with Gasteiger partial charge in [-0.2, -0.15) is 4.98 Å². The van der Waals surface area contributed by atoms with Crippen LogP contribution in [0.1, 0.15) is 26.3 Å². The molecular weight excluding hydrogens is 298 g/mol. The molecule has 24 heavy (non-hydrogen) atoms. The molecule has 0 spiro atoms. The number of nitrogens with one attached hydrogen (secondary N) is 1. The van der Waals surface area contributed by atoms with Crippen molar-refractivity contribution < 1.29 is 0 Å². The van der Waals surface area contributed by atoms with Crippen LogP contribution in [0.4, 0.5) is 11.8 Å². The highest BCUT2D eigenvalue weighted by molar-refractivity contribution is 5.43. The SMILES string of the molecule is CC(C)(C)Nc1ccnc(N2CCN(Cc3ccccc3)CC2)n1. The van der Waals surface area contributed by atoms with Gasteiger partial charge in [-0.05, 0) is 32.4 Å². The first-order valence-electron chi connectivity index (χ1n) is 8.62. The van der Waals surface area contributed by atoms with E-state index in [1.54, 1.807) is 0 Å². The van der Waals surface area contributed by atoms with Crippen molar-refractivity contribution in [3.05, 3.63) is 48.2 Å². The van der Waals surface area contributed by atoms with E-state index in [1.807, 2.05) is 12.3 Å². The molecule has 0 saturated carbocycles. The molecule has 2 aromatic rings. The Morgan fingerprint density at radius 2 is 1.71 bits per heavy atom. The van der Waals surface area contributed by atoms with Gasteiger partial charge in [0.1, 0.15) is 5.82 Å². The molecule has 1 saturated heterocycles. The summed E-state index contributed by atoms with van der Waals surface area (Å²) in [6.07, 6.45) is 1.84. The number of rotatable bonds is 4. The molecule has 1 aromatic heterocycles. The van der Waals surface area contributed by atoms with Crippen molar-refractivity contribution in [1.82, 2.24) is 14.9 Å². The van der Waals surface area contributed by atoms with Crippen molar-refractivity contribution in [1.29, 1.82) is 0 Å². The number of nitrogens with zero attached hydrogens (tertiary/aromatic N) is 4. The number of anilines is 2. The Bertz CT molecular complexity index is 642. The van der Waals surface area contributed by atoms with Crippen LogP contribution in [0.15, 0.2) is 42.6 Å². The van der Waals surface area contributed by atoms with Crippen LogP contribution in [0.2, 0.25) is 0 Å². The van der Waals surface area contributed by atoms with Crippen molar-refractivity contribution in [3.8, 4) is 0 Å². The van der Waals surface area contributed by atoms with E-state index >= 15 is 0 Å². The van der Waals surface area contributed by atoms with Crippen molar-refractivity contribution in [3.63, 3.8) is 0 Å². The third-order valence-corrected chi connectivity index (χ3v) is 4.05. The van der Waals surface area contributed by atoms with Gasteiger partial charge in [-0.3, -0.25) is 4.90 Å². The Morgan fingerprint density at radius 3 is 2.38 bits per heavy atom. The summed E-state index contributed by atoms with van der Waals surface area (Å²) in [6, 6.07) is 12.6. The Hall–Kier alpha value is -2.14. The lowest BCUT2D eigenvalue weighted by atomic mass is 10.1. The summed E-state index contributed by atoms with van der Waals surface area (Å²) in [5.74, 6) is 1.71. The number of hydrogen-bond acceptors (Lipinski definition) is 5. The number of benzene rings is 1. The summed E-state index contributed by atoms with van der Waals surface area (Å²) in [5.41, 5.74) is 1.37. The van der Waals surface area contributed by atoms with Crippen molar-refractivity contribution in [2.24, 2.45) is 0 Å². The Kier molecular flexibility index (Phi) is 5.00. The Balaban J connectivity index is 1.57. The lowest BCUT2D eigenvalue weighted by Crippen LogP contribution is -2.46. The highest BCUT2D eigenvalue weighted by Gasteiger charge is 2.20. The zero-order valence-electron chi connectivity index (χ0n) is 14.9. The minimum atomic E-state index is 0.00000429. The Morgan fingerprint density at radius 1 is 1.00 bits per heavy atom. The van der Waals surface area contributed by atoms with Crippen LogP contribution < -0.4 is 10.2 Å². The maximum atomic E-state index is 4.68. The smallest absolute Gasteiger partial charge is 0.227 e. The van der Waals surface area contributed by atoms with E-state index < -0.39 is 0 Å². The van der Waals surface area contributed by atoms with E-state index in [2.05, 4.69) is 76.2 Å². The number of hydrogen-bond donors (Lipinski definition) is 1. The standard InChI is InChI=1S/C19H27N5/c1-19(2,3)22-17-9-10-20-18(21-17)24-13-11-23(12-14-24)15-16-7-5-4-6-8-16/h4-10H,11-15H2,1-3H3,(H,20,21,22). The second-order valence-corrected chi connectivity index (χ2v) is 7.37. The molecule has 0 unspecified atom stereocenters. The predicted octanol–water partition coefficient (Wildman–Crippen LogP) is 3.01. The summed E-state index contributed by atoms with van der Waals surface area (Å²) in [4.78, 5) is 13.9. The van der Waals surface area contributed by atoms with Gasteiger partial charge in [-0.25, -0.2) is 4.98 Å². The fraction of sp³-hybridized carbons (Fsp3) is 0.474. The minimum Gasteiger partial charge on any atom is -0.365 e. The molecule has 0 radical (unpaired) electrons. The zero-order chi connectivity index (χ0) is 17.0. The molecule has 2 heterocycles. The molecule has 1 aliphatic rings. The summed E-state index contributed by atoms with van der Waals surface area (Å²) in [6.45, 7) is 11.4. The molecule has 0 atom stereocenters. The second kappa shape index (κ2) is 7.18. The average molecular weight is 325 g/mol. The molecular formula is C19H27N5. The average Bonchev–Trinajstić information content (AvgIpc) is 2.55. The van der Waals surface area contributed by atoms with Gasteiger partial charge in [0, 0.05) is 44.5 Å². The molecule has 5 heteroatoms. The molecule has 3 rings (SSSR count). The van der Waals surface area contributed by atoms with Crippen LogP contribution in [0.5, 0.6) is 0 Å². The van der Waals surface area contributed by atoms with Gasteiger partial charge in [0.25, 0.3) is 0 Å². The molecule has 0 aliphatic carbocycles. The van der Waals surface area contributed by atoms with Crippen molar-refractivity contribution in [2.45, 2.75) is 32.9 Å². The lowest BCUT2D eigenvalue weighted by molar-refractivity contribution is 0.248. The third kappa shape index (κ3) is 4.68. The largest absolute Gasteiger partial charge is 0.365 e. The molecule has 128 valence electrons. The zero-order valence-corrected chi connectivity index (χ0v) is 14.9. The summed E-state index contributed by atoms with van der Waals surface area (Å²) >= 11 is 0. The first-order valence-corrected chi connectivity index (χ1v) is 8.62. The predicted molar refractivity (Wildman–Crippen MR) is 99.3 cm³/mol. The Labute approximate surface area is 144 Å². The van der Waals surface area contributed by atoms with Gasteiger partial charge in [0.05, 0.1) is 0 Å². The monoisotopic (exact) mass is 325 g/mol. The fourth-order valence-electron chi connectivity index (χ4n) is 2.90. The van der Waals surface area contributed by atoms with E-state index in [1.165, 1.54) is 5.56 Å². The van der Waals surface area contributed by atoms with Crippen LogP contribution in [0.3, 0.4) is 0 Å². The first kappa shape index (κ1) is 16.7. The summed E-state index contributed by atoms with van der Waals surface area (Å²) in [7, 11) is 0. The van der Waals surface area contributed by atoms with Crippen LogP contribution in [-0.4, -0.2) is 46.6 Å². The third-order valence-electron chi connectivity index (χ3n) is 4.05. The van der Waals surface area contributed by atoms with Gasteiger partial charge in [0.2, 0.25) is 5.95 Å². The molecule has 1 aliphatic heterocycles. The normalized spacial score (nSPS) is 16.2. The minimum absolute atomic E-state index is 0.00000429. The maximum absolute atomic E-state index is 4.68. The van der Waals surface area contributed by atoms with Gasteiger partial charge in [-0.1, -0.05) is 30.3 Å². The topological polar surface area (TPSA) is 44.3 Å². The first-order chi connectivity index (χ1) is 11.5. The molecule has 0 amide bonds. The highest BCUT2D eigenvalue weighted by atomic mass is 15.3. The fourth-order valence-corrected chi connectivity index (χ4v) is 2.90. The van der Waals surface area contributed by atoms with E-state index in [9.17, 15) is 0 Å². The van der Waals surface area contributed by atoms with E-state index in [4.69, 9.17) is 0 Å². The van der Waals surface area contributed by atoms with E-state index in [0.29, 0.717) is 0 Å². The highest BCUT2D eigenvalue weighted by Crippen LogP contribution is 2.17.